The Balaban J connectivity index is 2.90. The standard InChI is InChI=1S/C15H24N2O2/c1-4-15(3,13(11-16)14(18)19-5-2)17-12-9-7-6-8-10-12/h6-10,13,17H,4-5,11,16H2,1-3H3/t13-,15-/m0/s1. The largest absolute Gasteiger partial charge is 0.466 e. The Morgan fingerprint density at radius 1 is 1.37 bits per heavy atom. The van der Waals surface area contributed by atoms with Crippen LogP contribution in [0, 0.1) is 5.92 Å². The second-order valence-corrected chi connectivity index (χ2v) is 4.80. The molecule has 0 unspecified atom stereocenters. The summed E-state index contributed by atoms with van der Waals surface area (Å²) in [7, 11) is 0. The maximum Gasteiger partial charge on any atom is 0.312 e. The molecule has 0 radical (unpaired) electrons. The van der Waals surface area contributed by atoms with Gasteiger partial charge < -0.3 is 15.8 Å². The van der Waals surface area contributed by atoms with Crippen LogP contribution in [0.15, 0.2) is 30.3 Å². The highest BCUT2D eigenvalue weighted by molar-refractivity contribution is 5.75. The molecule has 4 heteroatoms. The third kappa shape index (κ3) is 3.96. The van der Waals surface area contributed by atoms with E-state index in [4.69, 9.17) is 10.5 Å². The van der Waals surface area contributed by atoms with E-state index in [0.29, 0.717) is 6.61 Å². The molecular formula is C15H24N2O2. The first kappa shape index (κ1) is 15.5. The summed E-state index contributed by atoms with van der Waals surface area (Å²) < 4.78 is 5.12. The molecule has 0 aliphatic heterocycles. The van der Waals surface area contributed by atoms with Gasteiger partial charge in [-0.25, -0.2) is 0 Å². The topological polar surface area (TPSA) is 64.3 Å². The van der Waals surface area contributed by atoms with Crippen LogP contribution < -0.4 is 11.1 Å². The SMILES string of the molecule is CCOC(=O)[C@H](CN)[C@](C)(CC)Nc1ccccc1. The van der Waals surface area contributed by atoms with Crippen molar-refractivity contribution in [3.63, 3.8) is 0 Å². The minimum Gasteiger partial charge on any atom is -0.466 e. The van der Waals surface area contributed by atoms with Crippen molar-refractivity contribution in [1.29, 1.82) is 0 Å². The van der Waals surface area contributed by atoms with Gasteiger partial charge >= 0.3 is 5.97 Å². The van der Waals surface area contributed by atoms with Gasteiger partial charge in [0.05, 0.1) is 12.5 Å². The monoisotopic (exact) mass is 264 g/mol. The normalized spacial score (nSPS) is 15.4. The lowest BCUT2D eigenvalue weighted by atomic mass is 9.82. The summed E-state index contributed by atoms with van der Waals surface area (Å²) in [6.07, 6.45) is 0.780. The summed E-state index contributed by atoms with van der Waals surface area (Å²) in [6, 6.07) is 9.83. The van der Waals surface area contributed by atoms with E-state index in [-0.39, 0.29) is 18.4 Å². The molecule has 0 saturated carbocycles. The minimum absolute atomic E-state index is 0.238. The van der Waals surface area contributed by atoms with Gasteiger partial charge in [-0.2, -0.15) is 0 Å². The van der Waals surface area contributed by atoms with Crippen molar-refractivity contribution in [3.8, 4) is 0 Å². The van der Waals surface area contributed by atoms with Crippen molar-refractivity contribution in [2.75, 3.05) is 18.5 Å². The van der Waals surface area contributed by atoms with Crippen LogP contribution in [0.5, 0.6) is 0 Å². The minimum atomic E-state index is -0.414. The number of carbonyl (C=O) groups is 1. The Hall–Kier alpha value is -1.55. The van der Waals surface area contributed by atoms with E-state index in [0.717, 1.165) is 12.1 Å². The Kier molecular flexibility index (Phi) is 5.83. The van der Waals surface area contributed by atoms with Crippen LogP contribution in [-0.2, 0) is 9.53 Å². The summed E-state index contributed by atoms with van der Waals surface area (Å²) >= 11 is 0. The molecule has 0 aliphatic carbocycles. The van der Waals surface area contributed by atoms with E-state index in [1.807, 2.05) is 44.2 Å². The Labute approximate surface area is 115 Å². The third-order valence-corrected chi connectivity index (χ3v) is 3.51. The summed E-state index contributed by atoms with van der Waals surface area (Å²) in [5, 5.41) is 3.41. The average molecular weight is 264 g/mol. The summed E-state index contributed by atoms with van der Waals surface area (Å²) in [4.78, 5) is 12.0. The first-order valence-corrected chi connectivity index (χ1v) is 6.77. The molecule has 0 spiro atoms. The van der Waals surface area contributed by atoms with Crippen LogP contribution in [0.2, 0.25) is 0 Å². The number of benzene rings is 1. The van der Waals surface area contributed by atoms with E-state index < -0.39 is 5.54 Å². The first-order valence-electron chi connectivity index (χ1n) is 6.77. The summed E-state index contributed by atoms with van der Waals surface area (Å²) in [6.45, 7) is 6.50. The summed E-state index contributed by atoms with van der Waals surface area (Å²) in [5.74, 6) is -0.601. The van der Waals surface area contributed by atoms with Gasteiger partial charge in [0.25, 0.3) is 0 Å². The molecule has 4 nitrogen and oxygen atoms in total. The van der Waals surface area contributed by atoms with Gasteiger partial charge in [0.2, 0.25) is 0 Å². The molecule has 1 rings (SSSR count). The van der Waals surface area contributed by atoms with Crippen LogP contribution in [0.25, 0.3) is 0 Å². The molecule has 2 atom stereocenters. The van der Waals surface area contributed by atoms with Crippen molar-refractivity contribution >= 4 is 11.7 Å². The molecule has 0 fully saturated rings. The predicted molar refractivity (Wildman–Crippen MR) is 77.9 cm³/mol. The Morgan fingerprint density at radius 3 is 2.47 bits per heavy atom. The molecule has 0 amide bonds. The lowest BCUT2D eigenvalue weighted by Crippen LogP contribution is -2.50. The molecule has 0 aliphatic rings. The summed E-state index contributed by atoms with van der Waals surface area (Å²) in [5.41, 5.74) is 6.35. The van der Waals surface area contributed by atoms with Gasteiger partial charge in [-0.15, -0.1) is 0 Å². The molecule has 3 N–H and O–H groups in total. The fourth-order valence-electron chi connectivity index (χ4n) is 2.13. The van der Waals surface area contributed by atoms with Gasteiger partial charge in [-0.1, -0.05) is 25.1 Å². The van der Waals surface area contributed by atoms with Crippen LogP contribution in [0.4, 0.5) is 5.69 Å². The van der Waals surface area contributed by atoms with Crippen molar-refractivity contribution in [3.05, 3.63) is 30.3 Å². The van der Waals surface area contributed by atoms with E-state index in [9.17, 15) is 4.79 Å². The van der Waals surface area contributed by atoms with Gasteiger partial charge in [-0.3, -0.25) is 4.79 Å². The van der Waals surface area contributed by atoms with E-state index in [2.05, 4.69) is 5.32 Å². The van der Waals surface area contributed by atoms with E-state index in [1.54, 1.807) is 6.92 Å². The molecule has 106 valence electrons. The smallest absolute Gasteiger partial charge is 0.312 e. The number of anilines is 1. The zero-order valence-electron chi connectivity index (χ0n) is 12.0. The lowest BCUT2D eigenvalue weighted by Gasteiger charge is -2.36. The van der Waals surface area contributed by atoms with E-state index in [1.165, 1.54) is 0 Å². The maximum atomic E-state index is 12.0. The van der Waals surface area contributed by atoms with Crippen LogP contribution in [-0.4, -0.2) is 24.7 Å². The van der Waals surface area contributed by atoms with Crippen LogP contribution in [0.3, 0.4) is 0 Å². The third-order valence-electron chi connectivity index (χ3n) is 3.51. The zero-order valence-corrected chi connectivity index (χ0v) is 12.0. The maximum absolute atomic E-state index is 12.0. The average Bonchev–Trinajstić information content (AvgIpc) is 2.41. The number of para-hydroxylation sites is 1. The number of ether oxygens (including phenoxy) is 1. The fourth-order valence-corrected chi connectivity index (χ4v) is 2.13. The highest BCUT2D eigenvalue weighted by Crippen LogP contribution is 2.27. The van der Waals surface area contributed by atoms with Gasteiger partial charge in [0.1, 0.15) is 0 Å². The van der Waals surface area contributed by atoms with Crippen molar-refractivity contribution in [1.82, 2.24) is 0 Å². The highest BCUT2D eigenvalue weighted by Gasteiger charge is 2.37. The molecule has 0 aromatic heterocycles. The second kappa shape index (κ2) is 7.14. The van der Waals surface area contributed by atoms with Gasteiger partial charge in [0, 0.05) is 17.8 Å². The Bertz CT molecular complexity index is 394. The van der Waals surface area contributed by atoms with Crippen molar-refractivity contribution in [2.45, 2.75) is 32.7 Å². The van der Waals surface area contributed by atoms with Crippen molar-refractivity contribution in [2.24, 2.45) is 11.7 Å². The number of rotatable bonds is 7. The van der Waals surface area contributed by atoms with Crippen LogP contribution in [0.1, 0.15) is 27.2 Å². The molecule has 0 heterocycles. The molecule has 1 aromatic rings. The lowest BCUT2D eigenvalue weighted by molar-refractivity contribution is -0.149. The first-order chi connectivity index (χ1) is 9.07. The van der Waals surface area contributed by atoms with Crippen molar-refractivity contribution < 1.29 is 9.53 Å². The second-order valence-electron chi connectivity index (χ2n) is 4.80. The predicted octanol–water partition coefficient (Wildman–Crippen LogP) is 2.41. The number of nitrogens with one attached hydrogen (secondary N) is 1. The number of carbonyl (C=O) groups excluding carboxylic acids is 1. The molecule has 0 saturated heterocycles. The fraction of sp³-hybridized carbons (Fsp3) is 0.533. The molecular weight excluding hydrogens is 240 g/mol. The number of nitrogens with two attached hydrogens (primary N) is 1. The molecule has 0 bridgehead atoms. The zero-order chi connectivity index (χ0) is 14.3. The quantitative estimate of drug-likeness (QED) is 0.742. The van der Waals surface area contributed by atoms with E-state index >= 15 is 0 Å². The highest BCUT2D eigenvalue weighted by atomic mass is 16.5. The number of hydrogen-bond acceptors (Lipinski definition) is 4. The number of esters is 1. The molecule has 1 aromatic carbocycles. The number of hydrogen-bond donors (Lipinski definition) is 2. The van der Waals surface area contributed by atoms with Gasteiger partial charge in [0.15, 0.2) is 0 Å². The van der Waals surface area contributed by atoms with Gasteiger partial charge in [-0.05, 0) is 32.4 Å². The Morgan fingerprint density at radius 2 is 2.00 bits per heavy atom. The molecule has 19 heavy (non-hydrogen) atoms. The van der Waals surface area contributed by atoms with Crippen LogP contribution >= 0.6 is 0 Å².